The van der Waals surface area contributed by atoms with Gasteiger partial charge in [-0.25, -0.2) is 0 Å². The molecule has 1 saturated carbocycles. The Morgan fingerprint density at radius 2 is 1.88 bits per heavy atom. The molecule has 8 heteroatoms. The predicted molar refractivity (Wildman–Crippen MR) is 164 cm³/mol. The Bertz CT molecular complexity index is 968. The molecular formula is C33H55N3O5. The standard InChI is InChI=1S/C33H55N3O5/c1-32(2,31(37)35-20-24-8-12-27(39-6)13-9-24)19-26-11-14-28(21-34-26)40-22-25-10-15-30-29(18-25)36(16-7-17-38-5)23-33(3,4)41-30/h10,15,18,24,26-28,34H,7-9,11-14,16-17,19-23H2,1-6H3,(H,35,37)/t24-,26-,27-,28+/m0/s1. The lowest BCUT2D eigenvalue weighted by Gasteiger charge is -2.41. The zero-order chi connectivity index (χ0) is 29.5. The summed E-state index contributed by atoms with van der Waals surface area (Å²) in [6.45, 7) is 13.2. The number of nitrogens with one attached hydrogen (secondary N) is 2. The average Bonchev–Trinajstić information content (AvgIpc) is 2.95. The van der Waals surface area contributed by atoms with Crippen LogP contribution in [0.3, 0.4) is 0 Å². The summed E-state index contributed by atoms with van der Waals surface area (Å²) in [7, 11) is 3.55. The molecule has 2 fully saturated rings. The number of rotatable bonds is 13. The van der Waals surface area contributed by atoms with Crippen molar-refractivity contribution in [2.45, 2.75) is 110 Å². The Hall–Kier alpha value is -1.87. The van der Waals surface area contributed by atoms with Gasteiger partial charge in [-0.1, -0.05) is 19.9 Å². The van der Waals surface area contributed by atoms with Crippen LogP contribution >= 0.6 is 0 Å². The van der Waals surface area contributed by atoms with E-state index in [0.717, 1.165) is 95.6 Å². The summed E-state index contributed by atoms with van der Waals surface area (Å²) in [5.41, 5.74) is 1.69. The smallest absolute Gasteiger partial charge is 0.225 e. The summed E-state index contributed by atoms with van der Waals surface area (Å²) in [4.78, 5) is 15.5. The van der Waals surface area contributed by atoms with E-state index in [9.17, 15) is 4.79 Å². The minimum absolute atomic E-state index is 0.169. The lowest BCUT2D eigenvalue weighted by molar-refractivity contribution is -0.130. The third-order valence-corrected chi connectivity index (χ3v) is 9.11. The minimum atomic E-state index is -0.399. The van der Waals surface area contributed by atoms with Crippen molar-refractivity contribution in [2.75, 3.05) is 51.9 Å². The van der Waals surface area contributed by atoms with E-state index in [1.807, 2.05) is 0 Å². The van der Waals surface area contributed by atoms with Crippen molar-refractivity contribution in [3.05, 3.63) is 23.8 Å². The molecule has 8 nitrogen and oxygen atoms in total. The van der Waals surface area contributed by atoms with E-state index in [-0.39, 0.29) is 17.6 Å². The molecule has 2 heterocycles. The summed E-state index contributed by atoms with van der Waals surface area (Å²) in [6.07, 6.45) is 8.87. The summed E-state index contributed by atoms with van der Waals surface area (Å²) >= 11 is 0. The maximum absolute atomic E-state index is 13.1. The van der Waals surface area contributed by atoms with E-state index < -0.39 is 5.41 Å². The van der Waals surface area contributed by atoms with Crippen molar-refractivity contribution in [3.63, 3.8) is 0 Å². The maximum atomic E-state index is 13.1. The van der Waals surface area contributed by atoms with Crippen molar-refractivity contribution in [1.82, 2.24) is 10.6 Å². The fraction of sp³-hybridized carbons (Fsp3) is 0.788. The lowest BCUT2D eigenvalue weighted by atomic mass is 9.81. The first-order chi connectivity index (χ1) is 19.6. The van der Waals surface area contributed by atoms with Crippen molar-refractivity contribution >= 4 is 11.6 Å². The second kappa shape index (κ2) is 14.5. The van der Waals surface area contributed by atoms with Crippen molar-refractivity contribution in [3.8, 4) is 5.75 Å². The van der Waals surface area contributed by atoms with Gasteiger partial charge in [0.05, 0.1) is 31.0 Å². The Labute approximate surface area is 248 Å². The number of carbonyl (C=O) groups is 1. The quantitative estimate of drug-likeness (QED) is 0.319. The zero-order valence-electron chi connectivity index (χ0n) is 26.4. The fourth-order valence-corrected chi connectivity index (χ4v) is 6.64. The molecule has 1 saturated heterocycles. The van der Waals surface area contributed by atoms with E-state index in [0.29, 0.717) is 24.7 Å². The van der Waals surface area contributed by atoms with Crippen LogP contribution < -0.4 is 20.3 Å². The van der Waals surface area contributed by atoms with E-state index >= 15 is 0 Å². The Balaban J connectivity index is 1.20. The van der Waals surface area contributed by atoms with E-state index in [1.54, 1.807) is 14.2 Å². The van der Waals surface area contributed by atoms with Gasteiger partial charge in [-0.05, 0) is 88.8 Å². The highest BCUT2D eigenvalue weighted by Crippen LogP contribution is 2.38. The van der Waals surface area contributed by atoms with Crippen molar-refractivity contribution < 1.29 is 23.7 Å². The molecule has 0 aromatic heterocycles. The SMILES string of the molecule is COCCCN1CC(C)(C)Oc2ccc(CO[C@@H]3CC[C@@H](CC(C)(C)C(=O)NC[C@H]4CC[C@H](OC)CC4)NC3)cc21. The van der Waals surface area contributed by atoms with Gasteiger partial charge in [-0.2, -0.15) is 0 Å². The Morgan fingerprint density at radius 1 is 1.12 bits per heavy atom. The highest BCUT2D eigenvalue weighted by Gasteiger charge is 2.34. The third kappa shape index (κ3) is 9.31. The van der Waals surface area contributed by atoms with Crippen LogP contribution in [0.4, 0.5) is 5.69 Å². The number of ether oxygens (including phenoxy) is 4. The van der Waals surface area contributed by atoms with Crippen LogP contribution in [0.5, 0.6) is 5.75 Å². The highest BCUT2D eigenvalue weighted by molar-refractivity contribution is 5.81. The van der Waals surface area contributed by atoms with Crippen LogP contribution in [0.1, 0.15) is 84.6 Å². The Morgan fingerprint density at radius 3 is 2.56 bits per heavy atom. The summed E-state index contributed by atoms with van der Waals surface area (Å²) in [6, 6.07) is 6.76. The molecule has 0 radical (unpaired) electrons. The van der Waals surface area contributed by atoms with Crippen molar-refractivity contribution in [1.29, 1.82) is 0 Å². The first-order valence-electron chi connectivity index (χ1n) is 15.8. The second-order valence-corrected chi connectivity index (χ2v) is 13.7. The molecule has 0 unspecified atom stereocenters. The second-order valence-electron chi connectivity index (χ2n) is 13.7. The number of fused-ring (bicyclic) bond motifs is 1. The number of hydrogen-bond donors (Lipinski definition) is 2. The van der Waals surface area contributed by atoms with Crippen LogP contribution in [0.15, 0.2) is 18.2 Å². The van der Waals surface area contributed by atoms with Crippen LogP contribution in [0, 0.1) is 11.3 Å². The maximum Gasteiger partial charge on any atom is 0.225 e. The molecule has 0 bridgehead atoms. The summed E-state index contributed by atoms with van der Waals surface area (Å²) < 4.78 is 23.4. The molecule has 2 aliphatic heterocycles. The van der Waals surface area contributed by atoms with Gasteiger partial charge in [0, 0.05) is 51.9 Å². The molecule has 0 spiro atoms. The van der Waals surface area contributed by atoms with Gasteiger partial charge >= 0.3 is 0 Å². The first kappa shape index (κ1) is 32.1. The number of benzene rings is 1. The topological polar surface area (TPSA) is 81.3 Å². The molecule has 3 aliphatic rings. The number of methoxy groups -OCH3 is 2. The molecule has 2 N–H and O–H groups in total. The number of nitrogens with zero attached hydrogens (tertiary/aromatic N) is 1. The largest absolute Gasteiger partial charge is 0.484 e. The minimum Gasteiger partial charge on any atom is -0.484 e. The number of amides is 1. The van der Waals surface area contributed by atoms with Crippen LogP contribution in [-0.2, 0) is 25.6 Å². The van der Waals surface area contributed by atoms with Gasteiger partial charge < -0.3 is 34.5 Å². The van der Waals surface area contributed by atoms with Crippen LogP contribution in [-0.4, -0.2) is 76.8 Å². The average molecular weight is 574 g/mol. The summed E-state index contributed by atoms with van der Waals surface area (Å²) in [5.74, 6) is 1.68. The molecular weight excluding hydrogens is 518 g/mol. The van der Waals surface area contributed by atoms with Gasteiger partial charge in [0.15, 0.2) is 0 Å². The van der Waals surface area contributed by atoms with Gasteiger partial charge in [0.25, 0.3) is 0 Å². The molecule has 1 amide bonds. The predicted octanol–water partition coefficient (Wildman–Crippen LogP) is 5.08. The molecule has 1 aromatic rings. The van der Waals surface area contributed by atoms with Crippen LogP contribution in [0.2, 0.25) is 0 Å². The fourth-order valence-electron chi connectivity index (χ4n) is 6.64. The molecule has 4 rings (SSSR count). The lowest BCUT2D eigenvalue weighted by Crippen LogP contribution is -2.48. The third-order valence-electron chi connectivity index (χ3n) is 9.11. The molecule has 2 atom stereocenters. The van der Waals surface area contributed by atoms with Gasteiger partial charge in [0.2, 0.25) is 5.91 Å². The van der Waals surface area contributed by atoms with Crippen molar-refractivity contribution in [2.24, 2.45) is 11.3 Å². The van der Waals surface area contributed by atoms with E-state index in [1.165, 1.54) is 5.56 Å². The number of carbonyl (C=O) groups excluding carboxylic acids is 1. The first-order valence-corrected chi connectivity index (χ1v) is 15.8. The van der Waals surface area contributed by atoms with Crippen LogP contribution in [0.25, 0.3) is 0 Å². The zero-order valence-corrected chi connectivity index (χ0v) is 26.4. The monoisotopic (exact) mass is 573 g/mol. The molecule has 41 heavy (non-hydrogen) atoms. The van der Waals surface area contributed by atoms with Gasteiger partial charge in [-0.3, -0.25) is 4.79 Å². The normalized spacial score (nSPS) is 26.2. The van der Waals surface area contributed by atoms with Gasteiger partial charge in [-0.15, -0.1) is 0 Å². The Kier molecular flexibility index (Phi) is 11.4. The van der Waals surface area contributed by atoms with E-state index in [2.05, 4.69) is 61.4 Å². The van der Waals surface area contributed by atoms with E-state index in [4.69, 9.17) is 18.9 Å². The molecule has 1 aromatic carbocycles. The highest BCUT2D eigenvalue weighted by atomic mass is 16.5. The number of hydrogen-bond acceptors (Lipinski definition) is 7. The molecule has 232 valence electrons. The summed E-state index contributed by atoms with van der Waals surface area (Å²) in [5, 5.41) is 6.92. The number of anilines is 1. The molecule has 1 aliphatic carbocycles. The number of piperidine rings is 1. The van der Waals surface area contributed by atoms with Gasteiger partial charge in [0.1, 0.15) is 11.4 Å².